The molecule has 0 aromatic heterocycles. The molecular weight excluding hydrogens is 368 g/mol. The van der Waals surface area contributed by atoms with Crippen LogP contribution in [0.15, 0.2) is 29.3 Å². The SMILES string of the molecule is CCOC(=O)C1CCCN(C(=NC)NCc2ccccc2CN2CCOCC2)C1. The first-order valence-electron chi connectivity index (χ1n) is 10.7. The quantitative estimate of drug-likeness (QED) is 0.445. The minimum Gasteiger partial charge on any atom is -0.466 e. The van der Waals surface area contributed by atoms with E-state index in [9.17, 15) is 4.79 Å². The van der Waals surface area contributed by atoms with Gasteiger partial charge in [-0.3, -0.25) is 14.7 Å². The number of hydrogen-bond acceptors (Lipinski definition) is 5. The zero-order valence-corrected chi connectivity index (χ0v) is 17.7. The van der Waals surface area contributed by atoms with E-state index in [-0.39, 0.29) is 11.9 Å². The van der Waals surface area contributed by atoms with E-state index in [0.29, 0.717) is 19.7 Å². The van der Waals surface area contributed by atoms with Crippen LogP contribution in [0, 0.1) is 5.92 Å². The summed E-state index contributed by atoms with van der Waals surface area (Å²) in [6, 6.07) is 8.56. The zero-order chi connectivity index (χ0) is 20.5. The number of ether oxygens (including phenoxy) is 2. The lowest BCUT2D eigenvalue weighted by atomic mass is 9.98. The number of benzene rings is 1. The van der Waals surface area contributed by atoms with Crippen molar-refractivity contribution < 1.29 is 14.3 Å². The standard InChI is InChI=1S/C22H34N4O3/c1-3-29-21(27)20-9-6-10-26(17-20)22(23-2)24-15-18-7-4-5-8-19(18)16-25-11-13-28-14-12-25/h4-5,7-8,20H,3,6,9-17H2,1-2H3,(H,23,24). The zero-order valence-electron chi connectivity index (χ0n) is 17.7. The molecule has 29 heavy (non-hydrogen) atoms. The fourth-order valence-corrected chi connectivity index (χ4v) is 4.01. The molecular formula is C22H34N4O3. The highest BCUT2D eigenvalue weighted by Crippen LogP contribution is 2.18. The van der Waals surface area contributed by atoms with Gasteiger partial charge in [0.2, 0.25) is 0 Å². The predicted octanol–water partition coefficient (Wildman–Crippen LogP) is 1.87. The maximum absolute atomic E-state index is 12.1. The summed E-state index contributed by atoms with van der Waals surface area (Å²) in [5.74, 6) is 0.680. The molecule has 0 spiro atoms. The molecule has 2 heterocycles. The number of aliphatic imine (C=N–C) groups is 1. The van der Waals surface area contributed by atoms with E-state index < -0.39 is 0 Å². The maximum Gasteiger partial charge on any atom is 0.310 e. The van der Waals surface area contributed by atoms with Crippen LogP contribution < -0.4 is 5.32 Å². The Kier molecular flexibility index (Phi) is 8.31. The summed E-state index contributed by atoms with van der Waals surface area (Å²) < 4.78 is 10.7. The summed E-state index contributed by atoms with van der Waals surface area (Å²) in [6.07, 6.45) is 1.85. The minimum atomic E-state index is -0.0940. The van der Waals surface area contributed by atoms with Crippen molar-refractivity contribution in [3.8, 4) is 0 Å². The normalized spacial score (nSPS) is 21.1. The van der Waals surface area contributed by atoms with Crippen molar-refractivity contribution in [2.24, 2.45) is 10.9 Å². The molecule has 2 aliphatic rings. The van der Waals surface area contributed by atoms with Crippen molar-refractivity contribution in [2.45, 2.75) is 32.9 Å². The largest absolute Gasteiger partial charge is 0.466 e. The first kappa shape index (κ1) is 21.6. The Hall–Kier alpha value is -2.12. The van der Waals surface area contributed by atoms with E-state index in [1.807, 2.05) is 6.92 Å². The molecule has 7 nitrogen and oxygen atoms in total. The Morgan fingerprint density at radius 3 is 2.72 bits per heavy atom. The van der Waals surface area contributed by atoms with Crippen molar-refractivity contribution in [3.63, 3.8) is 0 Å². The molecule has 0 bridgehead atoms. The number of piperidine rings is 1. The van der Waals surface area contributed by atoms with Crippen LogP contribution in [0.5, 0.6) is 0 Å². The number of nitrogens with zero attached hydrogens (tertiary/aromatic N) is 3. The number of guanidine groups is 1. The van der Waals surface area contributed by atoms with Gasteiger partial charge in [0.1, 0.15) is 0 Å². The van der Waals surface area contributed by atoms with E-state index in [1.54, 1.807) is 7.05 Å². The van der Waals surface area contributed by atoms with E-state index in [2.05, 4.69) is 44.4 Å². The highest BCUT2D eigenvalue weighted by molar-refractivity contribution is 5.81. The van der Waals surface area contributed by atoms with Crippen LogP contribution in [0.25, 0.3) is 0 Å². The molecule has 1 N–H and O–H groups in total. The third-order valence-electron chi connectivity index (χ3n) is 5.61. The molecule has 2 fully saturated rings. The molecule has 7 heteroatoms. The maximum atomic E-state index is 12.1. The molecule has 160 valence electrons. The van der Waals surface area contributed by atoms with Gasteiger partial charge in [-0.1, -0.05) is 24.3 Å². The molecule has 1 aromatic rings. The fourth-order valence-electron chi connectivity index (χ4n) is 4.01. The van der Waals surface area contributed by atoms with Gasteiger partial charge in [0.15, 0.2) is 5.96 Å². The average Bonchev–Trinajstić information content (AvgIpc) is 2.76. The monoisotopic (exact) mass is 402 g/mol. The predicted molar refractivity (Wildman–Crippen MR) is 114 cm³/mol. The molecule has 1 unspecified atom stereocenters. The Balaban J connectivity index is 1.58. The van der Waals surface area contributed by atoms with Crippen LogP contribution in [0.3, 0.4) is 0 Å². The fraction of sp³-hybridized carbons (Fsp3) is 0.636. The number of hydrogen-bond donors (Lipinski definition) is 1. The van der Waals surface area contributed by atoms with Crippen molar-refractivity contribution in [2.75, 3.05) is 53.0 Å². The number of carbonyl (C=O) groups is 1. The minimum absolute atomic E-state index is 0.0733. The third kappa shape index (κ3) is 6.18. The van der Waals surface area contributed by atoms with Crippen LogP contribution in [0.1, 0.15) is 30.9 Å². The number of morpholine rings is 1. The van der Waals surface area contributed by atoms with E-state index in [1.165, 1.54) is 11.1 Å². The van der Waals surface area contributed by atoms with Crippen LogP contribution >= 0.6 is 0 Å². The van der Waals surface area contributed by atoms with Gasteiger partial charge in [0.25, 0.3) is 0 Å². The summed E-state index contributed by atoms with van der Waals surface area (Å²) in [4.78, 5) is 21.2. The van der Waals surface area contributed by atoms with Crippen molar-refractivity contribution in [3.05, 3.63) is 35.4 Å². The lowest BCUT2D eigenvalue weighted by Gasteiger charge is -2.34. The molecule has 0 radical (unpaired) electrons. The number of likely N-dealkylation sites (tertiary alicyclic amines) is 1. The van der Waals surface area contributed by atoms with Crippen molar-refractivity contribution >= 4 is 11.9 Å². The van der Waals surface area contributed by atoms with E-state index in [0.717, 1.165) is 58.2 Å². The highest BCUT2D eigenvalue weighted by atomic mass is 16.5. The molecule has 2 aliphatic heterocycles. The number of rotatable bonds is 6. The second-order valence-corrected chi connectivity index (χ2v) is 7.60. The van der Waals surface area contributed by atoms with E-state index >= 15 is 0 Å². The lowest BCUT2D eigenvalue weighted by molar-refractivity contribution is -0.149. The van der Waals surface area contributed by atoms with Crippen LogP contribution in [-0.4, -0.2) is 74.8 Å². The third-order valence-corrected chi connectivity index (χ3v) is 5.61. The van der Waals surface area contributed by atoms with Crippen LogP contribution in [0.2, 0.25) is 0 Å². The summed E-state index contributed by atoms with van der Waals surface area (Å²) in [5.41, 5.74) is 2.61. The van der Waals surface area contributed by atoms with Crippen molar-refractivity contribution in [1.29, 1.82) is 0 Å². The van der Waals surface area contributed by atoms with Crippen LogP contribution in [0.4, 0.5) is 0 Å². The van der Waals surface area contributed by atoms with Gasteiger partial charge in [0.05, 0.1) is 25.7 Å². The van der Waals surface area contributed by atoms with Crippen molar-refractivity contribution in [1.82, 2.24) is 15.1 Å². The molecule has 3 rings (SSSR count). The Morgan fingerprint density at radius 2 is 2.00 bits per heavy atom. The summed E-state index contributed by atoms with van der Waals surface area (Å²) >= 11 is 0. The first-order valence-corrected chi connectivity index (χ1v) is 10.7. The van der Waals surface area contributed by atoms with Gasteiger partial charge in [0, 0.05) is 46.3 Å². The Morgan fingerprint density at radius 1 is 1.24 bits per heavy atom. The average molecular weight is 403 g/mol. The number of esters is 1. The van der Waals surface area contributed by atoms with Gasteiger partial charge in [-0.2, -0.15) is 0 Å². The van der Waals surface area contributed by atoms with Crippen LogP contribution in [-0.2, 0) is 27.4 Å². The second kappa shape index (κ2) is 11.2. The second-order valence-electron chi connectivity index (χ2n) is 7.60. The molecule has 1 atom stereocenters. The van der Waals surface area contributed by atoms with Gasteiger partial charge >= 0.3 is 5.97 Å². The summed E-state index contributed by atoms with van der Waals surface area (Å²) in [6.45, 7) is 9.09. The number of nitrogens with one attached hydrogen (secondary N) is 1. The first-order chi connectivity index (χ1) is 14.2. The Labute approximate surface area is 174 Å². The Bertz CT molecular complexity index is 688. The van der Waals surface area contributed by atoms with E-state index in [4.69, 9.17) is 9.47 Å². The molecule has 0 saturated carbocycles. The number of carbonyl (C=O) groups excluding carboxylic acids is 1. The molecule has 0 amide bonds. The summed E-state index contributed by atoms with van der Waals surface area (Å²) in [7, 11) is 1.80. The lowest BCUT2D eigenvalue weighted by Crippen LogP contribution is -2.48. The summed E-state index contributed by atoms with van der Waals surface area (Å²) in [5, 5.41) is 3.51. The molecule has 2 saturated heterocycles. The van der Waals surface area contributed by atoms with Gasteiger partial charge in [-0.15, -0.1) is 0 Å². The highest BCUT2D eigenvalue weighted by Gasteiger charge is 2.28. The van der Waals surface area contributed by atoms with Gasteiger partial charge in [-0.25, -0.2) is 0 Å². The topological polar surface area (TPSA) is 66.4 Å². The van der Waals surface area contributed by atoms with Gasteiger partial charge in [-0.05, 0) is 30.9 Å². The molecule has 1 aromatic carbocycles. The molecule has 0 aliphatic carbocycles. The smallest absolute Gasteiger partial charge is 0.310 e. The van der Waals surface area contributed by atoms with Gasteiger partial charge < -0.3 is 19.7 Å².